The molecule has 0 aromatic heterocycles. The molecule has 0 saturated carbocycles. The molecule has 130 valence electrons. The number of aryl methyl sites for hydroxylation is 1. The quantitative estimate of drug-likeness (QED) is 0.634. The van der Waals surface area contributed by atoms with Crippen LogP contribution in [-0.4, -0.2) is 62.0 Å². The Bertz CT molecular complexity index is 592. The van der Waals surface area contributed by atoms with Crippen LogP contribution in [0.25, 0.3) is 0 Å². The lowest BCUT2D eigenvalue weighted by Crippen LogP contribution is -2.51. The Kier molecular flexibility index (Phi) is 6.17. The average molecular weight is 333 g/mol. The fraction of sp³-hybridized carbons (Fsp3) is 0.471. The summed E-state index contributed by atoms with van der Waals surface area (Å²) < 4.78 is 4.57. The second-order valence-electron chi connectivity index (χ2n) is 5.61. The minimum Gasteiger partial charge on any atom is -0.459 e. The number of hydrogen-bond donors (Lipinski definition) is 1. The molecular weight excluding hydrogens is 310 g/mol. The molecule has 0 aliphatic carbocycles. The molecule has 1 N–H and O–H groups in total. The third kappa shape index (κ3) is 4.71. The number of anilines is 1. The van der Waals surface area contributed by atoms with Crippen LogP contribution in [0.2, 0.25) is 0 Å². The second kappa shape index (κ2) is 8.33. The van der Waals surface area contributed by atoms with Crippen LogP contribution >= 0.6 is 0 Å². The van der Waals surface area contributed by atoms with Crippen LogP contribution in [0, 0.1) is 6.92 Å². The summed E-state index contributed by atoms with van der Waals surface area (Å²) in [5.41, 5.74) is 2.35. The van der Waals surface area contributed by atoms with Crippen LogP contribution in [0.4, 0.5) is 5.69 Å². The number of esters is 1. The average Bonchev–Trinajstić information content (AvgIpc) is 2.60. The molecule has 0 spiro atoms. The van der Waals surface area contributed by atoms with E-state index in [1.807, 2.05) is 6.92 Å². The smallest absolute Gasteiger partial charge is 0.396 e. The predicted molar refractivity (Wildman–Crippen MR) is 89.6 cm³/mol. The van der Waals surface area contributed by atoms with Gasteiger partial charge in [0.1, 0.15) is 0 Å². The van der Waals surface area contributed by atoms with E-state index in [-0.39, 0.29) is 19.1 Å². The third-order valence-corrected chi connectivity index (χ3v) is 3.89. The molecule has 1 saturated heterocycles. The van der Waals surface area contributed by atoms with Crippen LogP contribution < -0.4 is 10.2 Å². The van der Waals surface area contributed by atoms with Crippen molar-refractivity contribution >= 4 is 23.5 Å². The molecule has 0 bridgehead atoms. The van der Waals surface area contributed by atoms with Gasteiger partial charge >= 0.3 is 11.9 Å². The van der Waals surface area contributed by atoms with Crippen LogP contribution in [0.5, 0.6) is 0 Å². The van der Waals surface area contributed by atoms with Gasteiger partial charge in [-0.2, -0.15) is 0 Å². The number of nitrogens with zero attached hydrogens (tertiary/aromatic N) is 2. The van der Waals surface area contributed by atoms with Gasteiger partial charge in [-0.25, -0.2) is 4.79 Å². The Labute approximate surface area is 141 Å². The maximum absolute atomic E-state index is 12.1. The number of piperazine rings is 1. The SMILES string of the molecule is CCOC(=O)C(=O)NCC(=O)N1CCN(c2ccc(C)cc2)CC1. The van der Waals surface area contributed by atoms with Crippen LogP contribution in [-0.2, 0) is 19.1 Å². The van der Waals surface area contributed by atoms with E-state index in [4.69, 9.17) is 0 Å². The minimum atomic E-state index is -0.963. The lowest BCUT2D eigenvalue weighted by Gasteiger charge is -2.36. The molecule has 7 nitrogen and oxygen atoms in total. The molecule has 7 heteroatoms. The lowest BCUT2D eigenvalue weighted by molar-refractivity contribution is -0.154. The molecule has 1 aromatic carbocycles. The van der Waals surface area contributed by atoms with Gasteiger partial charge in [0.2, 0.25) is 5.91 Å². The van der Waals surface area contributed by atoms with Gasteiger partial charge in [0.25, 0.3) is 0 Å². The number of amides is 2. The number of hydrogen-bond acceptors (Lipinski definition) is 5. The standard InChI is InChI=1S/C17H23N3O4/c1-3-24-17(23)16(22)18-12-15(21)20-10-8-19(9-11-20)14-6-4-13(2)5-7-14/h4-7H,3,8-12H2,1-2H3,(H,18,22). The molecule has 1 fully saturated rings. The Balaban J connectivity index is 1.77. The van der Waals surface area contributed by atoms with E-state index in [1.165, 1.54) is 5.56 Å². The van der Waals surface area contributed by atoms with Gasteiger partial charge < -0.3 is 19.9 Å². The first-order valence-corrected chi connectivity index (χ1v) is 8.05. The number of nitrogens with one attached hydrogen (secondary N) is 1. The molecular formula is C17H23N3O4. The highest BCUT2D eigenvalue weighted by atomic mass is 16.5. The van der Waals surface area contributed by atoms with Gasteiger partial charge in [-0.15, -0.1) is 0 Å². The summed E-state index contributed by atoms with van der Waals surface area (Å²) in [6.07, 6.45) is 0. The summed E-state index contributed by atoms with van der Waals surface area (Å²) in [5.74, 6) is -2.05. The highest BCUT2D eigenvalue weighted by Gasteiger charge is 2.22. The molecule has 2 amide bonds. The molecule has 1 heterocycles. The Hall–Kier alpha value is -2.57. The minimum absolute atomic E-state index is 0.126. The van der Waals surface area contributed by atoms with Crippen molar-refractivity contribution in [3.05, 3.63) is 29.8 Å². The summed E-state index contributed by atoms with van der Waals surface area (Å²) in [5, 5.41) is 2.30. The van der Waals surface area contributed by atoms with E-state index < -0.39 is 11.9 Å². The van der Waals surface area contributed by atoms with E-state index in [9.17, 15) is 14.4 Å². The summed E-state index contributed by atoms with van der Waals surface area (Å²) in [7, 11) is 0. The zero-order chi connectivity index (χ0) is 17.5. The molecule has 1 aliphatic rings. The molecule has 0 atom stereocenters. The van der Waals surface area contributed by atoms with Crippen molar-refractivity contribution in [1.82, 2.24) is 10.2 Å². The second-order valence-corrected chi connectivity index (χ2v) is 5.61. The van der Waals surface area contributed by atoms with Crippen molar-refractivity contribution in [1.29, 1.82) is 0 Å². The number of rotatable bonds is 4. The van der Waals surface area contributed by atoms with Crippen molar-refractivity contribution in [2.45, 2.75) is 13.8 Å². The van der Waals surface area contributed by atoms with Gasteiger partial charge in [0.05, 0.1) is 13.2 Å². The highest BCUT2D eigenvalue weighted by Crippen LogP contribution is 2.17. The van der Waals surface area contributed by atoms with Crippen molar-refractivity contribution < 1.29 is 19.1 Å². The largest absolute Gasteiger partial charge is 0.459 e. The molecule has 2 rings (SSSR count). The fourth-order valence-corrected chi connectivity index (χ4v) is 2.51. The van der Waals surface area contributed by atoms with Crippen LogP contribution in [0.1, 0.15) is 12.5 Å². The molecule has 24 heavy (non-hydrogen) atoms. The van der Waals surface area contributed by atoms with Crippen molar-refractivity contribution in [2.24, 2.45) is 0 Å². The van der Waals surface area contributed by atoms with E-state index in [1.54, 1.807) is 11.8 Å². The van der Waals surface area contributed by atoms with Crippen molar-refractivity contribution in [2.75, 3.05) is 44.2 Å². The van der Waals surface area contributed by atoms with Gasteiger partial charge in [0, 0.05) is 31.9 Å². The monoisotopic (exact) mass is 333 g/mol. The Morgan fingerprint density at radius 1 is 1.08 bits per heavy atom. The summed E-state index contributed by atoms with van der Waals surface area (Å²) in [4.78, 5) is 38.6. The van der Waals surface area contributed by atoms with Crippen LogP contribution in [0.15, 0.2) is 24.3 Å². The van der Waals surface area contributed by atoms with E-state index in [0.717, 1.165) is 18.8 Å². The number of benzene rings is 1. The lowest BCUT2D eigenvalue weighted by atomic mass is 10.2. The molecule has 0 unspecified atom stereocenters. The first-order valence-electron chi connectivity index (χ1n) is 8.05. The normalized spacial score (nSPS) is 14.2. The predicted octanol–water partition coefficient (Wildman–Crippen LogP) is 0.323. The summed E-state index contributed by atoms with van der Waals surface area (Å²) in [6.45, 7) is 6.24. The highest BCUT2D eigenvalue weighted by molar-refractivity contribution is 6.32. The zero-order valence-corrected chi connectivity index (χ0v) is 14.1. The fourth-order valence-electron chi connectivity index (χ4n) is 2.51. The first kappa shape index (κ1) is 17.8. The third-order valence-electron chi connectivity index (χ3n) is 3.89. The first-order chi connectivity index (χ1) is 11.5. The van der Waals surface area contributed by atoms with Gasteiger partial charge in [-0.3, -0.25) is 9.59 Å². The van der Waals surface area contributed by atoms with Gasteiger partial charge in [-0.1, -0.05) is 17.7 Å². The summed E-state index contributed by atoms with van der Waals surface area (Å²) >= 11 is 0. The summed E-state index contributed by atoms with van der Waals surface area (Å²) in [6, 6.07) is 8.29. The number of carbonyl (C=O) groups excluding carboxylic acids is 3. The van der Waals surface area contributed by atoms with Gasteiger partial charge in [0.15, 0.2) is 0 Å². The number of ether oxygens (including phenoxy) is 1. The molecule has 1 aromatic rings. The van der Waals surface area contributed by atoms with E-state index >= 15 is 0 Å². The maximum Gasteiger partial charge on any atom is 0.396 e. The topological polar surface area (TPSA) is 78.9 Å². The number of carbonyl (C=O) groups is 3. The Morgan fingerprint density at radius 3 is 2.29 bits per heavy atom. The van der Waals surface area contributed by atoms with E-state index in [0.29, 0.717) is 13.1 Å². The Morgan fingerprint density at radius 2 is 1.71 bits per heavy atom. The maximum atomic E-state index is 12.1. The van der Waals surface area contributed by atoms with Gasteiger partial charge in [-0.05, 0) is 26.0 Å². The zero-order valence-electron chi connectivity index (χ0n) is 14.1. The van der Waals surface area contributed by atoms with Crippen LogP contribution in [0.3, 0.4) is 0 Å². The molecule has 1 aliphatic heterocycles. The molecule has 0 radical (unpaired) electrons. The van der Waals surface area contributed by atoms with E-state index in [2.05, 4.69) is 39.2 Å². The van der Waals surface area contributed by atoms with Crippen molar-refractivity contribution in [3.8, 4) is 0 Å². The van der Waals surface area contributed by atoms with Crippen molar-refractivity contribution in [3.63, 3.8) is 0 Å².